The average Bonchev–Trinajstić information content (AvgIpc) is 2.91. The van der Waals surface area contributed by atoms with Crippen molar-refractivity contribution in [1.82, 2.24) is 0 Å². The van der Waals surface area contributed by atoms with Crippen LogP contribution < -0.4 is 0 Å². The lowest BCUT2D eigenvalue weighted by Crippen LogP contribution is -1.99. The second-order valence-corrected chi connectivity index (χ2v) is 3.57. The minimum absolute atomic E-state index is 0.0179. The SMILES string of the molecule is N#C/C(=C\c1ccc(O)cc1)C(=O)c1ccco1. The Balaban J connectivity index is 2.32. The first kappa shape index (κ1) is 11.7. The molecule has 4 heteroatoms. The molecule has 4 nitrogen and oxygen atoms in total. The molecule has 0 unspecified atom stereocenters. The van der Waals surface area contributed by atoms with Gasteiger partial charge in [0.2, 0.25) is 5.78 Å². The Bertz CT molecular complexity index is 616. The molecule has 0 aliphatic carbocycles. The number of allylic oxidation sites excluding steroid dienone is 1. The molecule has 1 N–H and O–H groups in total. The van der Waals surface area contributed by atoms with Gasteiger partial charge in [0.15, 0.2) is 5.76 Å². The number of rotatable bonds is 3. The van der Waals surface area contributed by atoms with Gasteiger partial charge >= 0.3 is 0 Å². The van der Waals surface area contributed by atoms with Crippen LogP contribution in [0, 0.1) is 11.3 Å². The largest absolute Gasteiger partial charge is 0.508 e. The molecule has 0 fully saturated rings. The van der Waals surface area contributed by atoms with Crippen LogP contribution in [0.3, 0.4) is 0 Å². The molecule has 0 radical (unpaired) electrons. The number of hydrogen-bond donors (Lipinski definition) is 1. The number of Topliss-reactive ketones (excluding diaryl/α,β-unsaturated/α-hetero) is 1. The molecular formula is C14H9NO3. The van der Waals surface area contributed by atoms with Crippen LogP contribution in [0.25, 0.3) is 6.08 Å². The van der Waals surface area contributed by atoms with E-state index in [4.69, 9.17) is 14.8 Å². The minimum Gasteiger partial charge on any atom is -0.508 e. The van der Waals surface area contributed by atoms with Crippen molar-refractivity contribution < 1.29 is 14.3 Å². The summed E-state index contributed by atoms with van der Waals surface area (Å²) in [6.45, 7) is 0. The molecule has 0 spiro atoms. The summed E-state index contributed by atoms with van der Waals surface area (Å²) in [7, 11) is 0. The monoisotopic (exact) mass is 239 g/mol. The van der Waals surface area contributed by atoms with Gasteiger partial charge in [0.25, 0.3) is 0 Å². The zero-order valence-electron chi connectivity index (χ0n) is 9.33. The number of ketones is 1. The molecule has 1 heterocycles. The Morgan fingerprint density at radius 1 is 1.28 bits per heavy atom. The Morgan fingerprint density at radius 2 is 2.00 bits per heavy atom. The zero-order valence-corrected chi connectivity index (χ0v) is 9.33. The minimum atomic E-state index is -0.462. The highest BCUT2D eigenvalue weighted by Crippen LogP contribution is 2.15. The number of nitrogens with zero attached hydrogens (tertiary/aromatic N) is 1. The first-order valence-corrected chi connectivity index (χ1v) is 5.20. The quantitative estimate of drug-likeness (QED) is 0.507. The molecule has 1 aromatic heterocycles. The molecule has 0 saturated heterocycles. The molecule has 0 atom stereocenters. The third kappa shape index (κ3) is 2.47. The molecule has 0 bridgehead atoms. The molecule has 0 amide bonds. The van der Waals surface area contributed by atoms with Crippen LogP contribution in [0.4, 0.5) is 0 Å². The van der Waals surface area contributed by atoms with E-state index in [0.717, 1.165) is 0 Å². The van der Waals surface area contributed by atoms with Gasteiger partial charge in [-0.25, -0.2) is 0 Å². The van der Waals surface area contributed by atoms with Crippen LogP contribution in [-0.2, 0) is 0 Å². The zero-order chi connectivity index (χ0) is 13.0. The number of carbonyl (C=O) groups excluding carboxylic acids is 1. The van der Waals surface area contributed by atoms with Crippen molar-refractivity contribution in [3.05, 3.63) is 59.6 Å². The third-order valence-electron chi connectivity index (χ3n) is 2.31. The fourth-order valence-electron chi connectivity index (χ4n) is 1.43. The molecule has 2 aromatic rings. The fraction of sp³-hybridized carbons (Fsp3) is 0. The van der Waals surface area contributed by atoms with Gasteiger partial charge in [-0.2, -0.15) is 5.26 Å². The summed E-state index contributed by atoms with van der Waals surface area (Å²) >= 11 is 0. The second kappa shape index (κ2) is 5.02. The summed E-state index contributed by atoms with van der Waals surface area (Å²) in [5.41, 5.74) is 0.639. The second-order valence-electron chi connectivity index (χ2n) is 3.57. The summed E-state index contributed by atoms with van der Waals surface area (Å²) in [4.78, 5) is 11.9. The fourth-order valence-corrected chi connectivity index (χ4v) is 1.43. The Labute approximate surface area is 103 Å². The van der Waals surface area contributed by atoms with Crippen molar-refractivity contribution in [3.8, 4) is 11.8 Å². The van der Waals surface area contributed by atoms with Crippen molar-refractivity contribution in [2.75, 3.05) is 0 Å². The van der Waals surface area contributed by atoms with E-state index in [1.54, 1.807) is 18.2 Å². The molecule has 1 aromatic carbocycles. The van der Waals surface area contributed by atoms with Gasteiger partial charge in [-0.3, -0.25) is 4.79 Å². The molecule has 0 saturated carbocycles. The van der Waals surface area contributed by atoms with E-state index in [-0.39, 0.29) is 17.1 Å². The Morgan fingerprint density at radius 3 is 2.56 bits per heavy atom. The molecule has 2 rings (SSSR count). The normalized spacial score (nSPS) is 10.9. The summed E-state index contributed by atoms with van der Waals surface area (Å²) in [5, 5.41) is 18.1. The van der Waals surface area contributed by atoms with E-state index >= 15 is 0 Å². The summed E-state index contributed by atoms with van der Waals surface area (Å²) < 4.78 is 4.95. The van der Waals surface area contributed by atoms with Crippen LogP contribution in [-0.4, -0.2) is 10.9 Å². The topological polar surface area (TPSA) is 74.2 Å². The number of aromatic hydroxyl groups is 1. The van der Waals surface area contributed by atoms with Gasteiger partial charge in [0, 0.05) is 0 Å². The van der Waals surface area contributed by atoms with Crippen LogP contribution in [0.5, 0.6) is 5.75 Å². The average molecular weight is 239 g/mol. The van der Waals surface area contributed by atoms with E-state index < -0.39 is 5.78 Å². The molecular weight excluding hydrogens is 230 g/mol. The highest BCUT2D eigenvalue weighted by Gasteiger charge is 2.14. The summed E-state index contributed by atoms with van der Waals surface area (Å²) in [6.07, 6.45) is 2.83. The number of nitriles is 1. The van der Waals surface area contributed by atoms with Crippen molar-refractivity contribution in [3.63, 3.8) is 0 Å². The van der Waals surface area contributed by atoms with Crippen LogP contribution >= 0.6 is 0 Å². The highest BCUT2D eigenvalue weighted by atomic mass is 16.3. The maximum atomic E-state index is 11.9. The molecule has 0 aliphatic rings. The predicted molar refractivity (Wildman–Crippen MR) is 64.7 cm³/mol. The van der Waals surface area contributed by atoms with Crippen LogP contribution in [0.1, 0.15) is 16.1 Å². The number of hydrogen-bond acceptors (Lipinski definition) is 4. The van der Waals surface area contributed by atoms with Crippen molar-refractivity contribution in [2.24, 2.45) is 0 Å². The number of carbonyl (C=O) groups is 1. The standard InChI is InChI=1S/C14H9NO3/c15-9-11(14(17)13-2-1-7-18-13)8-10-3-5-12(16)6-4-10/h1-8,16H/b11-8+. The maximum absolute atomic E-state index is 11.9. The van der Waals surface area contributed by atoms with Crippen LogP contribution in [0.15, 0.2) is 52.7 Å². The first-order valence-electron chi connectivity index (χ1n) is 5.20. The van der Waals surface area contributed by atoms with E-state index in [1.807, 2.05) is 6.07 Å². The number of phenols is 1. The maximum Gasteiger partial charge on any atom is 0.238 e. The molecule has 18 heavy (non-hydrogen) atoms. The van der Waals surface area contributed by atoms with Gasteiger partial charge in [0.05, 0.1) is 6.26 Å². The molecule has 0 aliphatic heterocycles. The Hall–Kier alpha value is -2.80. The van der Waals surface area contributed by atoms with Crippen molar-refractivity contribution >= 4 is 11.9 Å². The lowest BCUT2D eigenvalue weighted by atomic mass is 10.1. The lowest BCUT2D eigenvalue weighted by Gasteiger charge is -1.97. The van der Waals surface area contributed by atoms with Crippen molar-refractivity contribution in [1.29, 1.82) is 5.26 Å². The van der Waals surface area contributed by atoms with E-state index in [0.29, 0.717) is 5.56 Å². The number of furan rings is 1. The van der Waals surface area contributed by atoms with Crippen molar-refractivity contribution in [2.45, 2.75) is 0 Å². The smallest absolute Gasteiger partial charge is 0.238 e. The predicted octanol–water partition coefficient (Wildman–Crippen LogP) is 2.78. The van der Waals surface area contributed by atoms with Gasteiger partial charge in [-0.15, -0.1) is 0 Å². The van der Waals surface area contributed by atoms with Gasteiger partial charge < -0.3 is 9.52 Å². The first-order chi connectivity index (χ1) is 8.70. The third-order valence-corrected chi connectivity index (χ3v) is 2.31. The summed E-state index contributed by atoms with van der Waals surface area (Å²) in [6, 6.07) is 11.1. The van der Waals surface area contributed by atoms with Gasteiger partial charge in [-0.05, 0) is 35.9 Å². The number of benzene rings is 1. The lowest BCUT2D eigenvalue weighted by molar-refractivity contribution is 0.101. The summed E-state index contributed by atoms with van der Waals surface area (Å²) in [5.74, 6) is -0.208. The van der Waals surface area contributed by atoms with Gasteiger partial charge in [0.1, 0.15) is 17.4 Å². The van der Waals surface area contributed by atoms with Gasteiger partial charge in [-0.1, -0.05) is 12.1 Å². The molecule has 88 valence electrons. The Kier molecular flexibility index (Phi) is 3.26. The van der Waals surface area contributed by atoms with E-state index in [2.05, 4.69) is 0 Å². The highest BCUT2D eigenvalue weighted by molar-refractivity contribution is 6.12. The van der Waals surface area contributed by atoms with Crippen LogP contribution in [0.2, 0.25) is 0 Å². The van der Waals surface area contributed by atoms with E-state index in [1.165, 1.54) is 30.5 Å². The van der Waals surface area contributed by atoms with E-state index in [9.17, 15) is 4.79 Å². The number of phenolic OH excluding ortho intramolecular Hbond substituents is 1.